The van der Waals surface area contributed by atoms with E-state index in [1.54, 1.807) is 0 Å². The van der Waals surface area contributed by atoms with Gasteiger partial charge >= 0.3 is 0 Å². The number of anilines is 1. The molecule has 2 aliphatic heterocycles. The summed E-state index contributed by atoms with van der Waals surface area (Å²) < 4.78 is 0. The maximum Gasteiger partial charge on any atom is 0.227 e. The number of nitrogens with one attached hydrogen (secondary N) is 1. The first kappa shape index (κ1) is 14.4. The van der Waals surface area contributed by atoms with E-state index in [0.717, 1.165) is 58.5 Å². The van der Waals surface area contributed by atoms with Crippen LogP contribution in [0.1, 0.15) is 19.3 Å². The van der Waals surface area contributed by atoms with E-state index in [9.17, 15) is 4.79 Å². The molecule has 1 atom stereocenters. The Kier molecular flexibility index (Phi) is 4.76. The third-order valence-electron chi connectivity index (χ3n) is 4.58. The lowest BCUT2D eigenvalue weighted by atomic mass is 9.98. The van der Waals surface area contributed by atoms with Gasteiger partial charge in [0.05, 0.1) is 5.92 Å². The fraction of sp³-hybridized carbons (Fsp3) is 0.588. The molecule has 3 rings (SSSR count). The van der Waals surface area contributed by atoms with Gasteiger partial charge in [-0.1, -0.05) is 18.2 Å². The van der Waals surface area contributed by atoms with Crippen LogP contribution in [0.4, 0.5) is 5.69 Å². The molecule has 1 aromatic carbocycles. The molecule has 0 radical (unpaired) electrons. The lowest BCUT2D eigenvalue weighted by molar-refractivity contribution is -0.135. The highest BCUT2D eigenvalue weighted by Crippen LogP contribution is 2.18. The van der Waals surface area contributed by atoms with Crippen LogP contribution in [0.5, 0.6) is 0 Å². The van der Waals surface area contributed by atoms with Crippen molar-refractivity contribution in [1.29, 1.82) is 0 Å². The number of benzene rings is 1. The Labute approximate surface area is 127 Å². The van der Waals surface area contributed by atoms with Gasteiger partial charge in [-0.05, 0) is 37.9 Å². The molecular weight excluding hydrogens is 262 g/mol. The molecular formula is C17H25N3O. The van der Waals surface area contributed by atoms with Crippen molar-refractivity contribution in [2.45, 2.75) is 19.3 Å². The topological polar surface area (TPSA) is 35.6 Å². The second kappa shape index (κ2) is 6.94. The number of piperidine rings is 1. The summed E-state index contributed by atoms with van der Waals surface area (Å²) in [5.41, 5.74) is 1.27. The Balaban J connectivity index is 1.59. The van der Waals surface area contributed by atoms with Gasteiger partial charge in [0.25, 0.3) is 0 Å². The molecule has 0 aromatic heterocycles. The molecule has 1 aromatic rings. The van der Waals surface area contributed by atoms with Crippen molar-refractivity contribution in [3.63, 3.8) is 0 Å². The third-order valence-corrected chi connectivity index (χ3v) is 4.58. The van der Waals surface area contributed by atoms with Gasteiger partial charge in [0.2, 0.25) is 5.91 Å². The number of hydrogen-bond acceptors (Lipinski definition) is 3. The summed E-state index contributed by atoms with van der Waals surface area (Å²) >= 11 is 0. The summed E-state index contributed by atoms with van der Waals surface area (Å²) in [7, 11) is 0. The lowest BCUT2D eigenvalue weighted by Crippen LogP contribution is -2.44. The molecule has 4 nitrogen and oxygen atoms in total. The molecule has 4 heteroatoms. The smallest absolute Gasteiger partial charge is 0.227 e. The van der Waals surface area contributed by atoms with E-state index in [4.69, 9.17) is 0 Å². The average molecular weight is 287 g/mol. The van der Waals surface area contributed by atoms with E-state index in [0.29, 0.717) is 5.91 Å². The molecule has 2 saturated heterocycles. The van der Waals surface area contributed by atoms with Gasteiger partial charge in [0, 0.05) is 38.4 Å². The summed E-state index contributed by atoms with van der Waals surface area (Å²) in [6, 6.07) is 10.5. The molecule has 1 amide bonds. The molecule has 2 aliphatic rings. The zero-order valence-corrected chi connectivity index (χ0v) is 12.6. The first-order valence-electron chi connectivity index (χ1n) is 8.14. The molecule has 21 heavy (non-hydrogen) atoms. The predicted molar refractivity (Wildman–Crippen MR) is 85.4 cm³/mol. The van der Waals surface area contributed by atoms with Crippen LogP contribution in [0.3, 0.4) is 0 Å². The minimum atomic E-state index is 0.196. The largest absolute Gasteiger partial charge is 0.370 e. The SMILES string of the molecule is O=C(C1CCCNC1)N1CCCN(c2ccccc2)CC1. The number of hydrogen-bond donors (Lipinski definition) is 1. The monoisotopic (exact) mass is 287 g/mol. The summed E-state index contributed by atoms with van der Waals surface area (Å²) in [5, 5.41) is 3.35. The van der Waals surface area contributed by atoms with Crippen LogP contribution in [-0.4, -0.2) is 50.1 Å². The Morgan fingerprint density at radius 3 is 2.67 bits per heavy atom. The Morgan fingerprint density at radius 2 is 1.90 bits per heavy atom. The zero-order chi connectivity index (χ0) is 14.5. The van der Waals surface area contributed by atoms with Crippen molar-refractivity contribution in [3.05, 3.63) is 30.3 Å². The highest BCUT2D eigenvalue weighted by Gasteiger charge is 2.27. The van der Waals surface area contributed by atoms with Gasteiger partial charge in [-0.2, -0.15) is 0 Å². The predicted octanol–water partition coefficient (Wildman–Crippen LogP) is 1.72. The standard InChI is InChI=1S/C17H25N3O/c21-17(15-6-4-9-18-14-15)20-11-5-10-19(12-13-20)16-7-2-1-3-8-16/h1-3,7-8,15,18H,4-6,9-14H2. The Hall–Kier alpha value is -1.55. The first-order valence-corrected chi connectivity index (χ1v) is 8.14. The number of amides is 1. The van der Waals surface area contributed by atoms with Crippen LogP contribution in [0.15, 0.2) is 30.3 Å². The van der Waals surface area contributed by atoms with Gasteiger partial charge in [-0.25, -0.2) is 0 Å². The number of rotatable bonds is 2. The quantitative estimate of drug-likeness (QED) is 0.900. The number of nitrogens with zero attached hydrogens (tertiary/aromatic N) is 2. The second-order valence-electron chi connectivity index (χ2n) is 6.04. The van der Waals surface area contributed by atoms with Gasteiger partial charge in [0.1, 0.15) is 0 Å². The van der Waals surface area contributed by atoms with Gasteiger partial charge in [-0.3, -0.25) is 4.79 Å². The number of carbonyl (C=O) groups is 1. The molecule has 1 unspecified atom stereocenters. The van der Waals surface area contributed by atoms with Gasteiger partial charge in [0.15, 0.2) is 0 Å². The highest BCUT2D eigenvalue weighted by molar-refractivity contribution is 5.79. The van der Waals surface area contributed by atoms with Crippen molar-refractivity contribution in [3.8, 4) is 0 Å². The zero-order valence-electron chi connectivity index (χ0n) is 12.6. The molecule has 0 bridgehead atoms. The second-order valence-corrected chi connectivity index (χ2v) is 6.04. The molecule has 1 N–H and O–H groups in total. The minimum Gasteiger partial charge on any atom is -0.370 e. The van der Waals surface area contributed by atoms with Gasteiger partial charge in [-0.15, -0.1) is 0 Å². The fourth-order valence-corrected chi connectivity index (χ4v) is 3.36. The van der Waals surface area contributed by atoms with Crippen LogP contribution in [0.25, 0.3) is 0 Å². The van der Waals surface area contributed by atoms with Crippen molar-refractivity contribution >= 4 is 11.6 Å². The molecule has 0 aliphatic carbocycles. The summed E-state index contributed by atoms with van der Waals surface area (Å²) in [4.78, 5) is 17.1. The maximum absolute atomic E-state index is 12.6. The summed E-state index contributed by atoms with van der Waals surface area (Å²) in [6.07, 6.45) is 3.23. The molecule has 2 fully saturated rings. The van der Waals surface area contributed by atoms with E-state index >= 15 is 0 Å². The van der Waals surface area contributed by atoms with Crippen molar-refractivity contribution < 1.29 is 4.79 Å². The van der Waals surface area contributed by atoms with Crippen molar-refractivity contribution in [2.24, 2.45) is 5.92 Å². The number of para-hydroxylation sites is 1. The fourth-order valence-electron chi connectivity index (χ4n) is 3.36. The molecule has 0 saturated carbocycles. The highest BCUT2D eigenvalue weighted by atomic mass is 16.2. The Morgan fingerprint density at radius 1 is 1.05 bits per heavy atom. The summed E-state index contributed by atoms with van der Waals surface area (Å²) in [5.74, 6) is 0.555. The lowest BCUT2D eigenvalue weighted by Gasteiger charge is -2.29. The van der Waals surface area contributed by atoms with E-state index in [1.807, 2.05) is 6.07 Å². The Bertz CT molecular complexity index is 456. The van der Waals surface area contributed by atoms with Crippen molar-refractivity contribution in [2.75, 3.05) is 44.2 Å². The van der Waals surface area contributed by atoms with Crippen LogP contribution in [0, 0.1) is 5.92 Å². The normalized spacial score (nSPS) is 23.7. The average Bonchev–Trinajstić information content (AvgIpc) is 2.82. The molecule has 2 heterocycles. The third kappa shape index (κ3) is 3.56. The van der Waals surface area contributed by atoms with E-state index in [2.05, 4.69) is 39.4 Å². The minimum absolute atomic E-state index is 0.196. The van der Waals surface area contributed by atoms with Crippen LogP contribution < -0.4 is 10.2 Å². The maximum atomic E-state index is 12.6. The van der Waals surface area contributed by atoms with E-state index < -0.39 is 0 Å². The van der Waals surface area contributed by atoms with Gasteiger partial charge < -0.3 is 15.1 Å². The number of carbonyl (C=O) groups excluding carboxylic acids is 1. The molecule has 0 spiro atoms. The molecule has 114 valence electrons. The van der Waals surface area contributed by atoms with Crippen LogP contribution in [0.2, 0.25) is 0 Å². The summed E-state index contributed by atoms with van der Waals surface area (Å²) in [6.45, 7) is 5.65. The van der Waals surface area contributed by atoms with Crippen molar-refractivity contribution in [1.82, 2.24) is 10.2 Å². The van der Waals surface area contributed by atoms with Crippen LogP contribution >= 0.6 is 0 Å². The first-order chi connectivity index (χ1) is 10.3. The van der Waals surface area contributed by atoms with Crippen LogP contribution in [-0.2, 0) is 4.79 Å². The van der Waals surface area contributed by atoms with E-state index in [-0.39, 0.29) is 5.92 Å². The van der Waals surface area contributed by atoms with E-state index in [1.165, 1.54) is 5.69 Å².